The molecule has 1 unspecified atom stereocenters. The van der Waals surface area contributed by atoms with Crippen LogP contribution >= 0.6 is 0 Å². The Morgan fingerprint density at radius 1 is 0.950 bits per heavy atom. The second-order valence-electron chi connectivity index (χ2n) is 4.56. The summed E-state index contributed by atoms with van der Waals surface area (Å²) in [5.74, 6) is -1.02. The average molecular weight is 270 g/mol. The van der Waals surface area contributed by atoms with Gasteiger partial charge in [0.2, 0.25) is 0 Å². The van der Waals surface area contributed by atoms with Crippen LogP contribution in [0.4, 0.5) is 8.78 Å². The topological polar surface area (TPSA) is 38.9 Å². The number of nitrogens with zero attached hydrogens (tertiary/aromatic N) is 1. The molecule has 0 fully saturated rings. The number of fused-ring (bicyclic) bond motifs is 1. The van der Waals surface area contributed by atoms with E-state index < -0.39 is 17.7 Å². The van der Waals surface area contributed by atoms with Gasteiger partial charge in [0.1, 0.15) is 11.6 Å². The Bertz CT molecular complexity index is 766. The maximum Gasteiger partial charge on any atom is 0.128 e. The summed E-state index contributed by atoms with van der Waals surface area (Å²) in [5, 5.41) is 0.839. The number of aromatic nitrogens is 1. The predicted molar refractivity (Wildman–Crippen MR) is 74.1 cm³/mol. The van der Waals surface area contributed by atoms with Crippen LogP contribution in [0.25, 0.3) is 10.9 Å². The molecule has 0 saturated heterocycles. The van der Waals surface area contributed by atoms with Crippen LogP contribution in [0.1, 0.15) is 17.2 Å². The number of hydrogen-bond acceptors (Lipinski definition) is 2. The fourth-order valence-corrected chi connectivity index (χ4v) is 2.31. The van der Waals surface area contributed by atoms with Gasteiger partial charge in [0.15, 0.2) is 0 Å². The molecule has 3 rings (SSSR count). The van der Waals surface area contributed by atoms with E-state index in [-0.39, 0.29) is 5.56 Å². The summed E-state index contributed by atoms with van der Waals surface area (Å²) in [4.78, 5) is 4.23. The number of nitrogens with two attached hydrogens (primary N) is 1. The van der Waals surface area contributed by atoms with Gasteiger partial charge >= 0.3 is 0 Å². The average Bonchev–Trinajstić information content (AvgIpc) is 2.48. The fraction of sp³-hybridized carbons (Fsp3) is 0.0625. The maximum atomic E-state index is 13.8. The largest absolute Gasteiger partial charge is 0.320 e. The van der Waals surface area contributed by atoms with Crippen LogP contribution in [0.15, 0.2) is 54.7 Å². The number of pyridine rings is 1. The Morgan fingerprint density at radius 2 is 1.75 bits per heavy atom. The first-order valence-electron chi connectivity index (χ1n) is 6.21. The quantitative estimate of drug-likeness (QED) is 0.773. The first-order chi connectivity index (χ1) is 9.66. The van der Waals surface area contributed by atoms with Gasteiger partial charge in [0.25, 0.3) is 0 Å². The van der Waals surface area contributed by atoms with Crippen molar-refractivity contribution in [3.05, 3.63) is 77.5 Å². The lowest BCUT2D eigenvalue weighted by Gasteiger charge is -2.15. The van der Waals surface area contributed by atoms with E-state index in [1.807, 2.05) is 24.3 Å². The van der Waals surface area contributed by atoms with Crippen molar-refractivity contribution >= 4 is 10.9 Å². The van der Waals surface area contributed by atoms with Crippen LogP contribution in [0.2, 0.25) is 0 Å². The van der Waals surface area contributed by atoms with Gasteiger partial charge in [-0.1, -0.05) is 18.2 Å². The van der Waals surface area contributed by atoms with Gasteiger partial charge in [-0.15, -0.1) is 0 Å². The molecule has 20 heavy (non-hydrogen) atoms. The lowest BCUT2D eigenvalue weighted by molar-refractivity contribution is 0.577. The van der Waals surface area contributed by atoms with Crippen LogP contribution in [0.3, 0.4) is 0 Å². The molecule has 2 nitrogen and oxygen atoms in total. The molecule has 2 aromatic carbocycles. The van der Waals surface area contributed by atoms with Crippen LogP contribution in [-0.4, -0.2) is 4.98 Å². The molecule has 4 heteroatoms. The molecule has 2 N–H and O–H groups in total. The standard InChI is InChI=1S/C16H12F2N2/c17-10-5-6-14(18)13(9-10)16(19)12-7-8-20-15-4-2-1-3-11(12)15/h1-9,16H,19H2. The number of para-hydroxylation sites is 1. The van der Waals surface area contributed by atoms with Crippen LogP contribution < -0.4 is 5.73 Å². The lowest BCUT2D eigenvalue weighted by atomic mass is 9.96. The Hall–Kier alpha value is -2.33. The van der Waals surface area contributed by atoms with E-state index in [4.69, 9.17) is 5.73 Å². The first kappa shape index (κ1) is 12.7. The molecule has 1 aromatic heterocycles. The monoisotopic (exact) mass is 270 g/mol. The summed E-state index contributed by atoms with van der Waals surface area (Å²) in [6, 6.07) is 11.8. The predicted octanol–water partition coefficient (Wildman–Crippen LogP) is 3.56. The first-order valence-corrected chi connectivity index (χ1v) is 6.21. The number of rotatable bonds is 2. The molecular formula is C16H12F2N2. The highest BCUT2D eigenvalue weighted by atomic mass is 19.1. The molecule has 0 saturated carbocycles. The molecule has 3 aromatic rings. The van der Waals surface area contributed by atoms with Gasteiger partial charge in [0.05, 0.1) is 11.6 Å². The molecule has 0 amide bonds. The minimum Gasteiger partial charge on any atom is -0.320 e. The minimum absolute atomic E-state index is 0.140. The van der Waals surface area contributed by atoms with Crippen LogP contribution in [0, 0.1) is 11.6 Å². The Balaban J connectivity index is 2.17. The van der Waals surface area contributed by atoms with Crippen molar-refractivity contribution < 1.29 is 8.78 Å². The van der Waals surface area contributed by atoms with Crippen molar-refractivity contribution in [2.75, 3.05) is 0 Å². The number of benzene rings is 2. The summed E-state index contributed by atoms with van der Waals surface area (Å²) in [6.45, 7) is 0. The SMILES string of the molecule is NC(c1cc(F)ccc1F)c1ccnc2ccccc12. The van der Waals surface area contributed by atoms with Crippen molar-refractivity contribution in [3.63, 3.8) is 0 Å². The molecular weight excluding hydrogens is 258 g/mol. The zero-order valence-electron chi connectivity index (χ0n) is 10.6. The zero-order chi connectivity index (χ0) is 14.1. The lowest BCUT2D eigenvalue weighted by Crippen LogP contribution is -2.14. The third kappa shape index (κ3) is 2.14. The van der Waals surface area contributed by atoms with Crippen molar-refractivity contribution in [2.45, 2.75) is 6.04 Å². The molecule has 0 bridgehead atoms. The summed E-state index contributed by atoms with van der Waals surface area (Å²) >= 11 is 0. The molecule has 0 aliphatic rings. The smallest absolute Gasteiger partial charge is 0.128 e. The van der Waals surface area contributed by atoms with E-state index >= 15 is 0 Å². The van der Waals surface area contributed by atoms with E-state index in [9.17, 15) is 8.78 Å². The Kier molecular flexibility index (Phi) is 3.16. The van der Waals surface area contributed by atoms with E-state index in [1.165, 1.54) is 0 Å². The van der Waals surface area contributed by atoms with Crippen LogP contribution in [-0.2, 0) is 0 Å². The van der Waals surface area contributed by atoms with E-state index in [2.05, 4.69) is 4.98 Å². The van der Waals surface area contributed by atoms with Crippen molar-refractivity contribution in [1.82, 2.24) is 4.98 Å². The molecule has 1 heterocycles. The molecule has 100 valence electrons. The molecule has 1 atom stereocenters. The molecule has 0 spiro atoms. The Morgan fingerprint density at radius 3 is 2.60 bits per heavy atom. The third-order valence-electron chi connectivity index (χ3n) is 3.31. The van der Waals surface area contributed by atoms with Gasteiger partial charge in [0, 0.05) is 17.1 Å². The molecule has 0 radical (unpaired) electrons. The fourth-order valence-electron chi connectivity index (χ4n) is 2.31. The second-order valence-corrected chi connectivity index (χ2v) is 4.56. The van der Waals surface area contributed by atoms with Gasteiger partial charge in [-0.25, -0.2) is 8.78 Å². The van der Waals surface area contributed by atoms with E-state index in [1.54, 1.807) is 12.3 Å². The van der Waals surface area contributed by atoms with E-state index in [0.29, 0.717) is 0 Å². The van der Waals surface area contributed by atoms with Crippen molar-refractivity contribution in [2.24, 2.45) is 5.73 Å². The van der Waals surface area contributed by atoms with Gasteiger partial charge in [-0.2, -0.15) is 0 Å². The normalized spacial score (nSPS) is 12.6. The van der Waals surface area contributed by atoms with E-state index in [0.717, 1.165) is 34.7 Å². The highest BCUT2D eigenvalue weighted by molar-refractivity contribution is 5.82. The maximum absolute atomic E-state index is 13.8. The molecule has 0 aliphatic carbocycles. The van der Waals surface area contributed by atoms with Gasteiger partial charge < -0.3 is 5.73 Å². The van der Waals surface area contributed by atoms with Crippen molar-refractivity contribution in [1.29, 1.82) is 0 Å². The second kappa shape index (κ2) is 4.98. The highest BCUT2D eigenvalue weighted by Crippen LogP contribution is 2.28. The van der Waals surface area contributed by atoms with Crippen molar-refractivity contribution in [3.8, 4) is 0 Å². The summed E-state index contributed by atoms with van der Waals surface area (Å²) in [6.07, 6.45) is 1.62. The van der Waals surface area contributed by atoms with Gasteiger partial charge in [-0.3, -0.25) is 4.98 Å². The Labute approximate surface area is 114 Å². The third-order valence-corrected chi connectivity index (χ3v) is 3.31. The van der Waals surface area contributed by atoms with Gasteiger partial charge in [-0.05, 0) is 35.9 Å². The summed E-state index contributed by atoms with van der Waals surface area (Å²) in [5.41, 5.74) is 7.76. The summed E-state index contributed by atoms with van der Waals surface area (Å²) in [7, 11) is 0. The van der Waals surface area contributed by atoms with Crippen LogP contribution in [0.5, 0.6) is 0 Å². The molecule has 0 aliphatic heterocycles. The zero-order valence-corrected chi connectivity index (χ0v) is 10.6. The summed E-state index contributed by atoms with van der Waals surface area (Å²) < 4.78 is 27.1. The minimum atomic E-state index is -0.737. The number of halogens is 2. The highest BCUT2D eigenvalue weighted by Gasteiger charge is 2.16. The number of hydrogen-bond donors (Lipinski definition) is 1.